The van der Waals surface area contributed by atoms with Crippen molar-refractivity contribution in [2.24, 2.45) is 4.99 Å². The van der Waals surface area contributed by atoms with E-state index in [4.69, 9.17) is 23.2 Å². The molecule has 3 N–H and O–H groups in total. The highest BCUT2D eigenvalue weighted by Gasteiger charge is 2.18. The van der Waals surface area contributed by atoms with Gasteiger partial charge in [0.1, 0.15) is 5.69 Å². The highest BCUT2D eigenvalue weighted by atomic mass is 35.5. The first-order valence-corrected chi connectivity index (χ1v) is 8.45. The third-order valence-corrected chi connectivity index (χ3v) is 4.98. The van der Waals surface area contributed by atoms with Gasteiger partial charge in [-0.3, -0.25) is 4.99 Å². The molecule has 1 aliphatic rings. The number of aromatic hydroxyl groups is 1. The Kier molecular flexibility index (Phi) is 3.87. The zero-order valence-corrected chi connectivity index (χ0v) is 14.2. The van der Waals surface area contributed by atoms with E-state index in [1.807, 2.05) is 24.4 Å². The molecule has 0 radical (unpaired) electrons. The lowest BCUT2D eigenvalue weighted by atomic mass is 10.0. The summed E-state index contributed by atoms with van der Waals surface area (Å²) in [6.45, 7) is 0.886. The van der Waals surface area contributed by atoms with Gasteiger partial charge in [-0.05, 0) is 35.7 Å². The van der Waals surface area contributed by atoms with Crippen molar-refractivity contribution in [3.8, 4) is 5.75 Å². The Morgan fingerprint density at radius 3 is 2.92 bits per heavy atom. The highest BCUT2D eigenvalue weighted by molar-refractivity contribution is 6.42. The average molecular weight is 360 g/mol. The van der Waals surface area contributed by atoms with Crippen LogP contribution in [-0.2, 0) is 12.8 Å². The molecular formula is C18H15Cl2N3O. The molecule has 4 rings (SSSR count). The van der Waals surface area contributed by atoms with Crippen LogP contribution in [-0.4, -0.2) is 22.8 Å². The molecule has 0 fully saturated rings. The fraction of sp³-hybridized carbons (Fsp3) is 0.167. The number of phenolic OH excluding ortho intramolecular Hbond substituents is 1. The van der Waals surface area contributed by atoms with Crippen molar-refractivity contribution in [2.45, 2.75) is 12.8 Å². The van der Waals surface area contributed by atoms with E-state index in [9.17, 15) is 5.11 Å². The number of H-pyrrole nitrogens is 1. The van der Waals surface area contributed by atoms with E-state index < -0.39 is 0 Å². The van der Waals surface area contributed by atoms with E-state index in [-0.39, 0.29) is 5.75 Å². The number of halogens is 2. The molecule has 2 aromatic carbocycles. The zero-order valence-electron chi connectivity index (χ0n) is 12.7. The second kappa shape index (κ2) is 6.04. The molecular weight excluding hydrogens is 345 g/mol. The van der Waals surface area contributed by atoms with Crippen molar-refractivity contribution < 1.29 is 5.11 Å². The van der Waals surface area contributed by atoms with E-state index in [1.165, 1.54) is 5.56 Å². The van der Waals surface area contributed by atoms with Crippen molar-refractivity contribution in [3.63, 3.8) is 0 Å². The van der Waals surface area contributed by atoms with Gasteiger partial charge in [-0.1, -0.05) is 29.3 Å². The molecule has 0 atom stereocenters. The van der Waals surface area contributed by atoms with Crippen LogP contribution in [0.15, 0.2) is 35.5 Å². The van der Waals surface area contributed by atoms with Gasteiger partial charge in [0.2, 0.25) is 0 Å². The summed E-state index contributed by atoms with van der Waals surface area (Å²) in [5.41, 5.74) is 4.51. The van der Waals surface area contributed by atoms with Gasteiger partial charge in [0.25, 0.3) is 0 Å². The van der Waals surface area contributed by atoms with Gasteiger partial charge in [-0.15, -0.1) is 0 Å². The predicted octanol–water partition coefficient (Wildman–Crippen LogP) is 5.09. The molecule has 0 amide bonds. The number of aromatic nitrogens is 1. The number of hydrogen-bond donors (Lipinski definition) is 3. The minimum atomic E-state index is 0.175. The highest BCUT2D eigenvalue weighted by Crippen LogP contribution is 2.42. The molecule has 0 aliphatic carbocycles. The fourth-order valence-corrected chi connectivity index (χ4v) is 3.37. The number of benzene rings is 2. The van der Waals surface area contributed by atoms with E-state index >= 15 is 0 Å². The monoisotopic (exact) mass is 359 g/mol. The van der Waals surface area contributed by atoms with Crippen LogP contribution in [0.4, 0.5) is 11.4 Å². The van der Waals surface area contributed by atoms with E-state index in [2.05, 4.69) is 15.3 Å². The molecule has 0 saturated heterocycles. The van der Waals surface area contributed by atoms with Crippen molar-refractivity contribution >= 4 is 51.7 Å². The SMILES string of the molecule is Oc1c(N=CCc2ccc(Cl)c(Cl)c2)cc2c3c(c[nH]c13)CCN2. The topological polar surface area (TPSA) is 60.4 Å². The second-order valence-electron chi connectivity index (χ2n) is 5.80. The lowest BCUT2D eigenvalue weighted by Gasteiger charge is -2.16. The number of nitrogens with one attached hydrogen (secondary N) is 2. The van der Waals surface area contributed by atoms with Crippen LogP contribution < -0.4 is 5.32 Å². The summed E-state index contributed by atoms with van der Waals surface area (Å²) in [7, 11) is 0. The number of aromatic amines is 1. The molecule has 1 aromatic heterocycles. The van der Waals surface area contributed by atoms with E-state index in [0.29, 0.717) is 22.2 Å². The molecule has 3 aromatic rings. The van der Waals surface area contributed by atoms with Crippen LogP contribution in [0.25, 0.3) is 10.9 Å². The number of aliphatic imine (C=N–C) groups is 1. The molecule has 0 bridgehead atoms. The molecule has 122 valence electrons. The number of nitrogens with zero attached hydrogens (tertiary/aromatic N) is 1. The van der Waals surface area contributed by atoms with Gasteiger partial charge < -0.3 is 15.4 Å². The summed E-state index contributed by atoms with van der Waals surface area (Å²) in [4.78, 5) is 7.59. The number of anilines is 1. The maximum absolute atomic E-state index is 10.5. The summed E-state index contributed by atoms with van der Waals surface area (Å²) in [5.74, 6) is 0.175. The minimum Gasteiger partial charge on any atom is -0.504 e. The van der Waals surface area contributed by atoms with Gasteiger partial charge in [0, 0.05) is 36.5 Å². The van der Waals surface area contributed by atoms with E-state index in [1.54, 1.807) is 12.3 Å². The Morgan fingerprint density at radius 1 is 1.21 bits per heavy atom. The lowest BCUT2D eigenvalue weighted by molar-refractivity contribution is 0.482. The Hall–Kier alpha value is -2.17. The second-order valence-corrected chi connectivity index (χ2v) is 6.61. The summed E-state index contributed by atoms with van der Waals surface area (Å²) < 4.78 is 0. The fourth-order valence-electron chi connectivity index (χ4n) is 3.05. The zero-order chi connectivity index (χ0) is 16.7. The standard InChI is InChI=1S/C18H15Cl2N3O/c19-12-2-1-10(7-13(12)20)3-5-22-15-8-14-16-11(4-6-21-14)9-23-17(16)18(15)24/h1-2,5,7-9,21,23-24H,3-4,6H2. The molecule has 0 spiro atoms. The van der Waals surface area contributed by atoms with Crippen LogP contribution in [0, 0.1) is 0 Å². The number of hydrogen-bond acceptors (Lipinski definition) is 3. The largest absolute Gasteiger partial charge is 0.504 e. The number of phenols is 1. The third kappa shape index (κ3) is 2.62. The molecule has 0 unspecified atom stereocenters. The van der Waals surface area contributed by atoms with Gasteiger partial charge in [-0.25, -0.2) is 0 Å². The summed E-state index contributed by atoms with van der Waals surface area (Å²) in [6.07, 6.45) is 5.28. The predicted molar refractivity (Wildman–Crippen MR) is 100 cm³/mol. The normalized spacial score (nSPS) is 13.6. The first-order valence-electron chi connectivity index (χ1n) is 7.70. The summed E-state index contributed by atoms with van der Waals surface area (Å²) in [5, 5.41) is 16.0. The van der Waals surface area contributed by atoms with Crippen molar-refractivity contribution in [3.05, 3.63) is 51.6 Å². The van der Waals surface area contributed by atoms with Crippen LogP contribution in [0.1, 0.15) is 11.1 Å². The first kappa shape index (κ1) is 15.4. The van der Waals surface area contributed by atoms with Crippen LogP contribution in [0.2, 0.25) is 10.0 Å². The summed E-state index contributed by atoms with van der Waals surface area (Å²) >= 11 is 11.9. The molecule has 1 aliphatic heterocycles. The van der Waals surface area contributed by atoms with Crippen molar-refractivity contribution in [1.82, 2.24) is 4.98 Å². The maximum Gasteiger partial charge on any atom is 0.165 e. The maximum atomic E-state index is 10.5. The third-order valence-electron chi connectivity index (χ3n) is 4.24. The molecule has 24 heavy (non-hydrogen) atoms. The lowest BCUT2D eigenvalue weighted by Crippen LogP contribution is -2.09. The van der Waals surface area contributed by atoms with E-state index in [0.717, 1.165) is 35.1 Å². The minimum absolute atomic E-state index is 0.175. The van der Waals surface area contributed by atoms with Crippen molar-refractivity contribution in [1.29, 1.82) is 0 Å². The quantitative estimate of drug-likeness (QED) is 0.450. The Bertz CT molecular complexity index is 963. The molecule has 0 saturated carbocycles. The average Bonchev–Trinajstić information content (AvgIpc) is 3.01. The molecule has 4 nitrogen and oxygen atoms in total. The van der Waals surface area contributed by atoms with Gasteiger partial charge >= 0.3 is 0 Å². The van der Waals surface area contributed by atoms with Gasteiger partial charge in [0.05, 0.1) is 15.6 Å². The summed E-state index contributed by atoms with van der Waals surface area (Å²) in [6, 6.07) is 7.39. The van der Waals surface area contributed by atoms with Crippen molar-refractivity contribution in [2.75, 3.05) is 11.9 Å². The Balaban J connectivity index is 1.64. The van der Waals surface area contributed by atoms with Gasteiger partial charge in [0.15, 0.2) is 5.75 Å². The van der Waals surface area contributed by atoms with Gasteiger partial charge in [-0.2, -0.15) is 0 Å². The number of rotatable bonds is 3. The Morgan fingerprint density at radius 2 is 2.08 bits per heavy atom. The molecule has 6 heteroatoms. The van der Waals surface area contributed by atoms with Crippen LogP contribution in [0.3, 0.4) is 0 Å². The molecule has 2 heterocycles. The Labute approximate surface area is 149 Å². The van der Waals surface area contributed by atoms with Crippen LogP contribution >= 0.6 is 23.2 Å². The first-order chi connectivity index (χ1) is 11.6. The smallest absolute Gasteiger partial charge is 0.165 e. The van der Waals surface area contributed by atoms with Crippen LogP contribution in [0.5, 0.6) is 5.75 Å².